The van der Waals surface area contributed by atoms with Crippen molar-refractivity contribution in [3.8, 4) is 0 Å². The first-order valence-corrected chi connectivity index (χ1v) is 9.73. The fourth-order valence-electron chi connectivity index (χ4n) is 2.57. The van der Waals surface area contributed by atoms with Crippen molar-refractivity contribution < 1.29 is 9.72 Å². The zero-order chi connectivity index (χ0) is 21.0. The molecule has 1 N–H and O–H groups in total. The molecule has 148 valence electrons. The topological polar surface area (TPSA) is 107 Å². The van der Waals surface area contributed by atoms with E-state index in [9.17, 15) is 19.7 Å². The van der Waals surface area contributed by atoms with Crippen LogP contribution in [0.3, 0.4) is 0 Å². The minimum Gasteiger partial charge on any atom is -0.325 e. The minimum atomic E-state index is -0.515. The molecular formula is C19H15ClN4O4S. The molecule has 0 atom stereocenters. The molecular weight excluding hydrogens is 416 g/mol. The maximum atomic E-state index is 12.8. The van der Waals surface area contributed by atoms with E-state index in [0.717, 1.165) is 11.8 Å². The number of nitro groups is 1. The Morgan fingerprint density at radius 2 is 2.03 bits per heavy atom. The number of nitrogens with one attached hydrogen (secondary N) is 1. The normalized spacial score (nSPS) is 10.7. The van der Waals surface area contributed by atoms with E-state index in [2.05, 4.69) is 16.9 Å². The Labute approximate surface area is 174 Å². The van der Waals surface area contributed by atoms with Crippen LogP contribution in [0.25, 0.3) is 10.9 Å². The minimum absolute atomic E-state index is 0.000331. The Kier molecular flexibility index (Phi) is 6.30. The highest BCUT2D eigenvalue weighted by atomic mass is 35.5. The van der Waals surface area contributed by atoms with Gasteiger partial charge >= 0.3 is 0 Å². The predicted molar refractivity (Wildman–Crippen MR) is 114 cm³/mol. The highest BCUT2D eigenvalue weighted by Gasteiger charge is 2.13. The third kappa shape index (κ3) is 4.82. The number of carbonyl (C=O) groups excluding carboxylic acids is 1. The number of anilines is 1. The molecule has 0 saturated carbocycles. The van der Waals surface area contributed by atoms with Crippen LogP contribution in [-0.2, 0) is 11.3 Å². The van der Waals surface area contributed by atoms with Gasteiger partial charge in [0.2, 0.25) is 5.91 Å². The van der Waals surface area contributed by atoms with Crippen LogP contribution in [0, 0.1) is 10.1 Å². The molecule has 1 amide bonds. The molecule has 0 aliphatic rings. The number of fused-ring (bicyclic) bond motifs is 1. The lowest BCUT2D eigenvalue weighted by Crippen LogP contribution is -2.23. The molecule has 0 aliphatic heterocycles. The van der Waals surface area contributed by atoms with Gasteiger partial charge in [0.15, 0.2) is 5.16 Å². The fraction of sp³-hybridized carbons (Fsp3) is 0.105. The first kappa shape index (κ1) is 20.6. The number of carbonyl (C=O) groups is 1. The first-order valence-electron chi connectivity index (χ1n) is 8.37. The second kappa shape index (κ2) is 8.89. The third-order valence-electron chi connectivity index (χ3n) is 3.89. The summed E-state index contributed by atoms with van der Waals surface area (Å²) in [4.78, 5) is 39.6. The number of benzene rings is 2. The zero-order valence-corrected chi connectivity index (χ0v) is 16.6. The summed E-state index contributed by atoms with van der Waals surface area (Å²) in [6.07, 6.45) is 1.57. The largest absolute Gasteiger partial charge is 0.325 e. The van der Waals surface area contributed by atoms with Gasteiger partial charge in [-0.1, -0.05) is 29.4 Å². The molecule has 8 nitrogen and oxygen atoms in total. The third-order valence-corrected chi connectivity index (χ3v) is 5.10. The van der Waals surface area contributed by atoms with Gasteiger partial charge in [-0.25, -0.2) is 4.98 Å². The number of aromatic nitrogens is 2. The molecule has 0 unspecified atom stereocenters. The Morgan fingerprint density at radius 1 is 1.31 bits per heavy atom. The van der Waals surface area contributed by atoms with Crippen LogP contribution in [0.1, 0.15) is 0 Å². The molecule has 29 heavy (non-hydrogen) atoms. The van der Waals surface area contributed by atoms with Crippen molar-refractivity contribution in [3.05, 3.63) is 80.6 Å². The number of nitrogens with zero attached hydrogens (tertiary/aromatic N) is 3. The highest BCUT2D eigenvalue weighted by Crippen LogP contribution is 2.21. The van der Waals surface area contributed by atoms with Crippen molar-refractivity contribution >= 4 is 51.5 Å². The Morgan fingerprint density at radius 3 is 2.69 bits per heavy atom. The molecule has 1 aromatic heterocycles. The lowest BCUT2D eigenvalue weighted by molar-refractivity contribution is -0.384. The van der Waals surface area contributed by atoms with E-state index in [-0.39, 0.29) is 29.5 Å². The number of thioether (sulfide) groups is 1. The number of nitro benzene ring substituents is 1. The van der Waals surface area contributed by atoms with Crippen LogP contribution in [0.5, 0.6) is 0 Å². The standard InChI is InChI=1S/C19H15ClN4O4S/c1-2-9-23-18(26)15-10-12(20)3-8-16(15)22-19(23)29-11-17(25)21-13-4-6-14(7-5-13)24(27)28/h2-8,10H,1,9,11H2,(H,21,25). The Bertz CT molecular complexity index is 1160. The van der Waals surface area contributed by atoms with E-state index in [1.165, 1.54) is 28.8 Å². The number of hydrogen-bond donors (Lipinski definition) is 1. The summed E-state index contributed by atoms with van der Waals surface area (Å²) in [5.41, 5.74) is 0.589. The number of hydrogen-bond acceptors (Lipinski definition) is 6. The van der Waals surface area contributed by atoms with E-state index >= 15 is 0 Å². The summed E-state index contributed by atoms with van der Waals surface area (Å²) >= 11 is 7.08. The quantitative estimate of drug-likeness (QED) is 0.200. The summed E-state index contributed by atoms with van der Waals surface area (Å²) in [5, 5.41) is 14.5. The monoisotopic (exact) mass is 430 g/mol. The molecule has 0 saturated heterocycles. The van der Waals surface area contributed by atoms with Crippen LogP contribution in [-0.4, -0.2) is 26.1 Å². The summed E-state index contributed by atoms with van der Waals surface area (Å²) in [5.74, 6) is -0.334. The maximum Gasteiger partial charge on any atom is 0.269 e. The van der Waals surface area contributed by atoms with Gasteiger partial charge in [0.25, 0.3) is 11.2 Å². The Hall–Kier alpha value is -3.17. The number of non-ortho nitro benzene ring substituents is 1. The van der Waals surface area contributed by atoms with E-state index in [0.29, 0.717) is 26.8 Å². The van der Waals surface area contributed by atoms with Crippen molar-refractivity contribution in [2.45, 2.75) is 11.7 Å². The second-order valence-corrected chi connectivity index (χ2v) is 7.28. The number of halogens is 1. The summed E-state index contributed by atoms with van der Waals surface area (Å²) in [6.45, 7) is 3.89. The number of amides is 1. The average Bonchev–Trinajstić information content (AvgIpc) is 2.70. The lowest BCUT2D eigenvalue weighted by Gasteiger charge is -2.11. The van der Waals surface area contributed by atoms with Crippen LogP contribution in [0.2, 0.25) is 5.02 Å². The molecule has 0 bridgehead atoms. The van der Waals surface area contributed by atoms with E-state index < -0.39 is 4.92 Å². The Balaban J connectivity index is 1.78. The predicted octanol–water partition coefficient (Wildman–Crippen LogP) is 3.87. The summed E-state index contributed by atoms with van der Waals surface area (Å²) < 4.78 is 1.43. The molecule has 3 rings (SSSR count). The van der Waals surface area contributed by atoms with Crippen molar-refractivity contribution in [1.82, 2.24) is 9.55 Å². The van der Waals surface area contributed by atoms with Gasteiger partial charge in [0.1, 0.15) is 0 Å². The van der Waals surface area contributed by atoms with Gasteiger partial charge in [-0.2, -0.15) is 0 Å². The van der Waals surface area contributed by atoms with Crippen molar-refractivity contribution in [2.75, 3.05) is 11.1 Å². The summed E-state index contributed by atoms with van der Waals surface area (Å²) in [7, 11) is 0. The van der Waals surface area contributed by atoms with Gasteiger partial charge in [0, 0.05) is 29.4 Å². The molecule has 2 aromatic carbocycles. The molecule has 10 heteroatoms. The lowest BCUT2D eigenvalue weighted by atomic mass is 10.2. The van der Waals surface area contributed by atoms with E-state index in [1.807, 2.05) is 0 Å². The van der Waals surface area contributed by atoms with Gasteiger partial charge in [-0.15, -0.1) is 6.58 Å². The second-order valence-electron chi connectivity index (χ2n) is 5.90. The van der Waals surface area contributed by atoms with Gasteiger partial charge < -0.3 is 5.32 Å². The van der Waals surface area contributed by atoms with Gasteiger partial charge in [0.05, 0.1) is 21.6 Å². The first-order chi connectivity index (χ1) is 13.9. The highest BCUT2D eigenvalue weighted by molar-refractivity contribution is 7.99. The number of rotatable bonds is 7. The van der Waals surface area contributed by atoms with Crippen molar-refractivity contribution in [2.24, 2.45) is 0 Å². The molecule has 0 fully saturated rings. The SMILES string of the molecule is C=CCn1c(SCC(=O)Nc2ccc([N+](=O)[O-])cc2)nc2ccc(Cl)cc2c1=O. The van der Waals surface area contributed by atoms with Crippen LogP contribution >= 0.6 is 23.4 Å². The number of allylic oxidation sites excluding steroid dienone is 1. The maximum absolute atomic E-state index is 12.8. The molecule has 3 aromatic rings. The molecule has 0 aliphatic carbocycles. The van der Waals surface area contributed by atoms with Crippen LogP contribution in [0.15, 0.2) is 65.1 Å². The summed E-state index contributed by atoms with van der Waals surface area (Å²) in [6, 6.07) is 10.4. The molecule has 0 radical (unpaired) electrons. The van der Waals surface area contributed by atoms with E-state index in [1.54, 1.807) is 24.3 Å². The van der Waals surface area contributed by atoms with Gasteiger partial charge in [-0.3, -0.25) is 24.3 Å². The molecule has 1 heterocycles. The van der Waals surface area contributed by atoms with Crippen LogP contribution < -0.4 is 10.9 Å². The van der Waals surface area contributed by atoms with Crippen LogP contribution in [0.4, 0.5) is 11.4 Å². The van der Waals surface area contributed by atoms with Gasteiger partial charge in [-0.05, 0) is 30.3 Å². The van der Waals surface area contributed by atoms with E-state index in [4.69, 9.17) is 11.6 Å². The molecule has 0 spiro atoms. The smallest absolute Gasteiger partial charge is 0.269 e. The van der Waals surface area contributed by atoms with Crippen molar-refractivity contribution in [1.29, 1.82) is 0 Å². The average molecular weight is 431 g/mol. The van der Waals surface area contributed by atoms with Crippen molar-refractivity contribution in [3.63, 3.8) is 0 Å². The zero-order valence-electron chi connectivity index (χ0n) is 15.0. The fourth-order valence-corrected chi connectivity index (χ4v) is 3.55.